The summed E-state index contributed by atoms with van der Waals surface area (Å²) in [5.41, 5.74) is 5.30. The summed E-state index contributed by atoms with van der Waals surface area (Å²) < 4.78 is 5.63. The summed E-state index contributed by atoms with van der Waals surface area (Å²) in [6, 6.07) is 7.94. The molecule has 0 bridgehead atoms. The zero-order chi connectivity index (χ0) is 14.9. The Hall–Kier alpha value is -2.62. The second-order valence-electron chi connectivity index (χ2n) is 5.70. The molecule has 1 amide bonds. The SMILES string of the molecule is O=C(Cc1coc2cc3c(cc12)CCC3)Nc1cccnc1. The van der Waals surface area contributed by atoms with Crippen LogP contribution in [0.4, 0.5) is 5.69 Å². The number of hydrogen-bond acceptors (Lipinski definition) is 3. The van der Waals surface area contributed by atoms with E-state index in [-0.39, 0.29) is 5.91 Å². The van der Waals surface area contributed by atoms with E-state index in [0.717, 1.165) is 29.4 Å². The van der Waals surface area contributed by atoms with Gasteiger partial charge in [0.15, 0.2) is 0 Å². The quantitative estimate of drug-likeness (QED) is 0.804. The molecule has 0 unspecified atom stereocenters. The van der Waals surface area contributed by atoms with Crippen LogP contribution in [0.5, 0.6) is 0 Å². The minimum atomic E-state index is -0.0591. The lowest BCUT2D eigenvalue weighted by Crippen LogP contribution is -2.14. The monoisotopic (exact) mass is 292 g/mol. The molecule has 4 heteroatoms. The van der Waals surface area contributed by atoms with Crippen LogP contribution >= 0.6 is 0 Å². The van der Waals surface area contributed by atoms with Crippen molar-refractivity contribution in [1.82, 2.24) is 4.98 Å². The fourth-order valence-corrected chi connectivity index (χ4v) is 3.10. The molecular formula is C18H16N2O2. The van der Waals surface area contributed by atoms with Crippen LogP contribution in [0.25, 0.3) is 11.0 Å². The first kappa shape index (κ1) is 13.1. The van der Waals surface area contributed by atoms with Gasteiger partial charge in [-0.2, -0.15) is 0 Å². The smallest absolute Gasteiger partial charge is 0.228 e. The number of benzene rings is 1. The van der Waals surface area contributed by atoms with E-state index in [1.54, 1.807) is 24.7 Å². The summed E-state index contributed by atoms with van der Waals surface area (Å²) in [6.45, 7) is 0. The van der Waals surface area contributed by atoms with Gasteiger partial charge in [-0.1, -0.05) is 0 Å². The van der Waals surface area contributed by atoms with Crippen LogP contribution in [0.3, 0.4) is 0 Å². The van der Waals surface area contributed by atoms with Crippen LogP contribution in [-0.2, 0) is 24.1 Å². The summed E-state index contributed by atoms with van der Waals surface area (Å²) in [6.07, 6.45) is 8.78. The summed E-state index contributed by atoms with van der Waals surface area (Å²) in [5.74, 6) is -0.0591. The molecule has 0 saturated heterocycles. The third kappa shape index (κ3) is 2.37. The van der Waals surface area contributed by atoms with Gasteiger partial charge in [0.05, 0.1) is 24.6 Å². The average Bonchev–Trinajstić information content (AvgIpc) is 3.13. The van der Waals surface area contributed by atoms with Crippen molar-refractivity contribution in [3.05, 3.63) is 59.6 Å². The third-order valence-corrected chi connectivity index (χ3v) is 4.16. The maximum absolute atomic E-state index is 12.2. The molecule has 0 saturated carbocycles. The first-order valence-electron chi connectivity index (χ1n) is 7.51. The van der Waals surface area contributed by atoms with Crippen molar-refractivity contribution < 1.29 is 9.21 Å². The van der Waals surface area contributed by atoms with Gasteiger partial charge in [-0.3, -0.25) is 9.78 Å². The number of carbonyl (C=O) groups is 1. The predicted octanol–water partition coefficient (Wildman–Crippen LogP) is 3.50. The number of aryl methyl sites for hydroxylation is 2. The number of carbonyl (C=O) groups excluding carboxylic acids is 1. The summed E-state index contributed by atoms with van der Waals surface area (Å²) in [4.78, 5) is 16.2. The van der Waals surface area contributed by atoms with Crippen molar-refractivity contribution >= 4 is 22.6 Å². The van der Waals surface area contributed by atoms with E-state index in [1.165, 1.54) is 17.5 Å². The van der Waals surface area contributed by atoms with Gasteiger partial charge < -0.3 is 9.73 Å². The molecule has 4 rings (SSSR count). The molecule has 0 atom stereocenters. The lowest BCUT2D eigenvalue weighted by atomic mass is 10.0. The van der Waals surface area contributed by atoms with E-state index in [0.29, 0.717) is 12.1 Å². The molecule has 2 aromatic heterocycles. The number of pyridine rings is 1. The molecule has 0 spiro atoms. The number of anilines is 1. The molecule has 2 heterocycles. The second-order valence-corrected chi connectivity index (χ2v) is 5.70. The van der Waals surface area contributed by atoms with E-state index < -0.39 is 0 Å². The molecule has 0 radical (unpaired) electrons. The number of aromatic nitrogens is 1. The highest BCUT2D eigenvalue weighted by Gasteiger charge is 2.16. The summed E-state index contributed by atoms with van der Waals surface area (Å²) in [7, 11) is 0. The number of fused-ring (bicyclic) bond motifs is 2. The Morgan fingerprint density at radius 3 is 2.95 bits per heavy atom. The van der Waals surface area contributed by atoms with Crippen LogP contribution in [0, 0.1) is 0 Å². The number of amides is 1. The van der Waals surface area contributed by atoms with Gasteiger partial charge in [-0.05, 0) is 54.7 Å². The summed E-state index contributed by atoms with van der Waals surface area (Å²) in [5, 5.41) is 3.91. The Kier molecular flexibility index (Phi) is 3.15. The number of rotatable bonds is 3. The minimum Gasteiger partial charge on any atom is -0.464 e. The first-order valence-corrected chi connectivity index (χ1v) is 7.51. The van der Waals surface area contributed by atoms with Crippen LogP contribution in [0.15, 0.2) is 47.3 Å². The third-order valence-electron chi connectivity index (χ3n) is 4.16. The van der Waals surface area contributed by atoms with E-state index in [4.69, 9.17) is 4.42 Å². The van der Waals surface area contributed by atoms with Crippen molar-refractivity contribution in [1.29, 1.82) is 0 Å². The molecule has 3 aromatic rings. The Labute approximate surface area is 128 Å². The minimum absolute atomic E-state index is 0.0591. The zero-order valence-corrected chi connectivity index (χ0v) is 12.1. The van der Waals surface area contributed by atoms with Gasteiger partial charge in [0, 0.05) is 17.1 Å². The molecule has 1 aliphatic rings. The predicted molar refractivity (Wildman–Crippen MR) is 84.8 cm³/mol. The molecule has 0 aliphatic heterocycles. The van der Waals surface area contributed by atoms with E-state index in [2.05, 4.69) is 22.4 Å². The van der Waals surface area contributed by atoms with Gasteiger partial charge in [0.25, 0.3) is 0 Å². The van der Waals surface area contributed by atoms with E-state index in [1.807, 2.05) is 6.07 Å². The highest BCUT2D eigenvalue weighted by Crippen LogP contribution is 2.30. The molecule has 1 aliphatic carbocycles. The van der Waals surface area contributed by atoms with Crippen molar-refractivity contribution in [2.75, 3.05) is 5.32 Å². The highest BCUT2D eigenvalue weighted by molar-refractivity contribution is 5.95. The molecule has 0 fully saturated rings. The van der Waals surface area contributed by atoms with Crippen molar-refractivity contribution in [3.63, 3.8) is 0 Å². The maximum atomic E-state index is 12.2. The fourth-order valence-electron chi connectivity index (χ4n) is 3.10. The molecular weight excluding hydrogens is 276 g/mol. The average molecular weight is 292 g/mol. The fraction of sp³-hybridized carbons (Fsp3) is 0.222. The summed E-state index contributed by atoms with van der Waals surface area (Å²) >= 11 is 0. The van der Waals surface area contributed by atoms with Crippen LogP contribution in [0.1, 0.15) is 23.1 Å². The number of nitrogens with one attached hydrogen (secondary N) is 1. The molecule has 110 valence electrons. The molecule has 1 aromatic carbocycles. The number of furan rings is 1. The molecule has 1 N–H and O–H groups in total. The van der Waals surface area contributed by atoms with E-state index in [9.17, 15) is 4.79 Å². The topological polar surface area (TPSA) is 55.1 Å². The zero-order valence-electron chi connectivity index (χ0n) is 12.1. The van der Waals surface area contributed by atoms with Gasteiger partial charge in [0.2, 0.25) is 5.91 Å². The number of hydrogen-bond donors (Lipinski definition) is 1. The molecule has 22 heavy (non-hydrogen) atoms. The first-order chi connectivity index (χ1) is 10.8. The maximum Gasteiger partial charge on any atom is 0.228 e. The Morgan fingerprint density at radius 2 is 2.14 bits per heavy atom. The van der Waals surface area contributed by atoms with Gasteiger partial charge in [0.1, 0.15) is 5.58 Å². The standard InChI is InChI=1S/C18H16N2O2/c21-18(20-15-5-2-6-19-10-15)9-14-11-22-17-8-13-4-1-3-12(13)7-16(14)17/h2,5-8,10-11H,1,3-4,9H2,(H,20,21). The number of nitrogens with zero attached hydrogens (tertiary/aromatic N) is 1. The Balaban J connectivity index is 1.58. The van der Waals surface area contributed by atoms with Gasteiger partial charge in [-0.15, -0.1) is 0 Å². The Morgan fingerprint density at radius 1 is 1.27 bits per heavy atom. The van der Waals surface area contributed by atoms with Crippen molar-refractivity contribution in [2.45, 2.75) is 25.7 Å². The van der Waals surface area contributed by atoms with Crippen LogP contribution in [-0.4, -0.2) is 10.9 Å². The van der Waals surface area contributed by atoms with Gasteiger partial charge >= 0.3 is 0 Å². The molecule has 4 nitrogen and oxygen atoms in total. The highest BCUT2D eigenvalue weighted by atomic mass is 16.3. The second kappa shape index (κ2) is 5.30. The van der Waals surface area contributed by atoms with Crippen LogP contribution in [0.2, 0.25) is 0 Å². The largest absolute Gasteiger partial charge is 0.464 e. The lowest BCUT2D eigenvalue weighted by Gasteiger charge is -2.04. The lowest BCUT2D eigenvalue weighted by molar-refractivity contribution is -0.115. The van der Waals surface area contributed by atoms with Crippen molar-refractivity contribution in [3.8, 4) is 0 Å². The normalized spacial score (nSPS) is 13.3. The van der Waals surface area contributed by atoms with Crippen molar-refractivity contribution in [2.24, 2.45) is 0 Å². The van der Waals surface area contributed by atoms with Gasteiger partial charge in [-0.25, -0.2) is 0 Å². The Bertz CT molecular complexity index is 837. The van der Waals surface area contributed by atoms with Crippen LogP contribution < -0.4 is 5.32 Å². The van der Waals surface area contributed by atoms with E-state index >= 15 is 0 Å².